The van der Waals surface area contributed by atoms with E-state index in [1.165, 1.54) is 11.1 Å². The van der Waals surface area contributed by atoms with Crippen molar-refractivity contribution < 1.29 is 4.74 Å². The minimum Gasteiger partial charge on any atom is -0.489 e. The third-order valence-corrected chi connectivity index (χ3v) is 2.58. The smallest absolute Gasteiger partial charge is 0.125 e. The first-order valence-corrected chi connectivity index (χ1v) is 4.98. The molecule has 1 atom stereocenters. The molecule has 15 heavy (non-hydrogen) atoms. The predicted octanol–water partition coefficient (Wildman–Crippen LogP) is 2.92. The maximum absolute atomic E-state index is 8.25. The molecule has 1 aliphatic heterocycles. The fourth-order valence-electron chi connectivity index (χ4n) is 2.05. The fourth-order valence-corrected chi connectivity index (χ4v) is 2.05. The summed E-state index contributed by atoms with van der Waals surface area (Å²) in [6, 6.07) is 4.24. The standard InChI is InChI=1S/C11H13N3O/c1-7-3-8(2)11-9(4-7)5-10(15-11)6-13-14-12/h3-4,10H,5-6H2,1-2H3. The normalized spacial score (nSPS) is 17.9. The zero-order valence-corrected chi connectivity index (χ0v) is 8.90. The number of nitrogens with zero attached hydrogens (tertiary/aromatic N) is 3. The lowest BCUT2D eigenvalue weighted by Crippen LogP contribution is -2.16. The van der Waals surface area contributed by atoms with Crippen LogP contribution in [0.1, 0.15) is 16.7 Å². The van der Waals surface area contributed by atoms with Gasteiger partial charge in [0.2, 0.25) is 0 Å². The molecule has 4 heteroatoms. The van der Waals surface area contributed by atoms with Crippen LogP contribution in [0.4, 0.5) is 0 Å². The van der Waals surface area contributed by atoms with Crippen LogP contribution in [-0.4, -0.2) is 12.6 Å². The number of azide groups is 1. The Morgan fingerprint density at radius 2 is 2.33 bits per heavy atom. The van der Waals surface area contributed by atoms with Crippen LogP contribution in [0, 0.1) is 13.8 Å². The molecule has 1 aliphatic rings. The number of hydrogen-bond donors (Lipinski definition) is 0. The van der Waals surface area contributed by atoms with Crippen LogP contribution in [-0.2, 0) is 6.42 Å². The first-order valence-electron chi connectivity index (χ1n) is 4.98. The molecule has 0 amide bonds. The summed E-state index contributed by atoms with van der Waals surface area (Å²) in [4.78, 5) is 2.75. The Morgan fingerprint density at radius 1 is 1.53 bits per heavy atom. The van der Waals surface area contributed by atoms with Gasteiger partial charge in [0.05, 0.1) is 6.54 Å². The van der Waals surface area contributed by atoms with E-state index < -0.39 is 0 Å². The summed E-state index contributed by atoms with van der Waals surface area (Å²) in [5.74, 6) is 0.971. The zero-order valence-electron chi connectivity index (χ0n) is 8.90. The topological polar surface area (TPSA) is 58.0 Å². The molecule has 0 radical (unpaired) electrons. The van der Waals surface area contributed by atoms with Gasteiger partial charge in [-0.1, -0.05) is 22.8 Å². The van der Waals surface area contributed by atoms with E-state index in [1.54, 1.807) is 0 Å². The highest BCUT2D eigenvalue weighted by Crippen LogP contribution is 2.33. The van der Waals surface area contributed by atoms with Crippen molar-refractivity contribution in [3.8, 4) is 5.75 Å². The van der Waals surface area contributed by atoms with E-state index in [2.05, 4.69) is 29.1 Å². The monoisotopic (exact) mass is 203 g/mol. The van der Waals surface area contributed by atoms with Gasteiger partial charge < -0.3 is 4.74 Å². The van der Waals surface area contributed by atoms with Crippen molar-refractivity contribution in [1.29, 1.82) is 0 Å². The molecule has 1 heterocycles. The molecule has 0 saturated heterocycles. The molecule has 0 spiro atoms. The lowest BCUT2D eigenvalue weighted by atomic mass is 10.0. The highest BCUT2D eigenvalue weighted by molar-refractivity contribution is 5.46. The fraction of sp³-hybridized carbons (Fsp3) is 0.455. The van der Waals surface area contributed by atoms with Crippen LogP contribution >= 0.6 is 0 Å². The Morgan fingerprint density at radius 3 is 3.07 bits per heavy atom. The van der Waals surface area contributed by atoms with Gasteiger partial charge in [0.25, 0.3) is 0 Å². The molecule has 1 unspecified atom stereocenters. The van der Waals surface area contributed by atoms with Gasteiger partial charge in [0, 0.05) is 11.3 Å². The zero-order chi connectivity index (χ0) is 10.8. The van der Waals surface area contributed by atoms with E-state index in [0.29, 0.717) is 6.54 Å². The Balaban J connectivity index is 2.23. The Bertz CT molecular complexity index is 436. The lowest BCUT2D eigenvalue weighted by molar-refractivity contribution is 0.240. The van der Waals surface area contributed by atoms with Gasteiger partial charge in [0.1, 0.15) is 11.9 Å². The minimum absolute atomic E-state index is 0.0106. The molecular formula is C11H13N3O. The van der Waals surface area contributed by atoms with Crippen LogP contribution < -0.4 is 4.74 Å². The van der Waals surface area contributed by atoms with Crippen molar-refractivity contribution in [2.24, 2.45) is 5.11 Å². The lowest BCUT2D eigenvalue weighted by Gasteiger charge is -2.08. The summed E-state index contributed by atoms with van der Waals surface area (Å²) in [5, 5.41) is 3.54. The third kappa shape index (κ3) is 1.90. The second-order valence-electron chi connectivity index (χ2n) is 3.93. The van der Waals surface area contributed by atoms with E-state index in [-0.39, 0.29) is 6.10 Å². The molecule has 1 aromatic rings. The second kappa shape index (κ2) is 3.83. The van der Waals surface area contributed by atoms with Gasteiger partial charge in [-0.15, -0.1) is 0 Å². The number of fused-ring (bicyclic) bond motifs is 1. The molecule has 0 saturated carbocycles. The van der Waals surface area contributed by atoms with Gasteiger partial charge >= 0.3 is 0 Å². The SMILES string of the molecule is Cc1cc(C)c2c(c1)CC(CN=[N+]=[N-])O2. The van der Waals surface area contributed by atoms with Crippen molar-refractivity contribution in [3.05, 3.63) is 39.3 Å². The van der Waals surface area contributed by atoms with Crippen molar-refractivity contribution >= 4 is 0 Å². The molecule has 0 N–H and O–H groups in total. The summed E-state index contributed by atoms with van der Waals surface area (Å²) in [6.45, 7) is 4.53. The van der Waals surface area contributed by atoms with Gasteiger partial charge in [-0.05, 0) is 30.5 Å². The first-order chi connectivity index (χ1) is 7.20. The molecule has 0 fully saturated rings. The van der Waals surface area contributed by atoms with E-state index >= 15 is 0 Å². The molecule has 78 valence electrons. The van der Waals surface area contributed by atoms with Gasteiger partial charge in [-0.3, -0.25) is 0 Å². The van der Waals surface area contributed by atoms with Crippen LogP contribution in [0.15, 0.2) is 17.2 Å². The second-order valence-corrected chi connectivity index (χ2v) is 3.93. The number of rotatable bonds is 2. The minimum atomic E-state index is 0.0106. The number of benzene rings is 1. The summed E-state index contributed by atoms with van der Waals surface area (Å²) in [5.41, 5.74) is 11.9. The summed E-state index contributed by atoms with van der Waals surface area (Å²) < 4.78 is 5.73. The number of hydrogen-bond acceptors (Lipinski definition) is 2. The molecule has 0 aromatic heterocycles. The maximum atomic E-state index is 8.25. The predicted molar refractivity (Wildman–Crippen MR) is 58.0 cm³/mol. The molecule has 0 bridgehead atoms. The van der Waals surface area contributed by atoms with E-state index in [9.17, 15) is 0 Å². The van der Waals surface area contributed by atoms with Crippen LogP contribution in [0.5, 0.6) is 5.75 Å². The van der Waals surface area contributed by atoms with Crippen molar-refractivity contribution in [3.63, 3.8) is 0 Å². The third-order valence-electron chi connectivity index (χ3n) is 2.58. The van der Waals surface area contributed by atoms with E-state index in [0.717, 1.165) is 17.7 Å². The van der Waals surface area contributed by atoms with Crippen LogP contribution in [0.25, 0.3) is 10.4 Å². The molecule has 2 rings (SSSR count). The van der Waals surface area contributed by atoms with Crippen LogP contribution in [0.3, 0.4) is 0 Å². The molecule has 4 nitrogen and oxygen atoms in total. The Kier molecular flexibility index (Phi) is 2.52. The maximum Gasteiger partial charge on any atom is 0.125 e. The Labute approximate surface area is 88.5 Å². The summed E-state index contributed by atoms with van der Waals surface area (Å²) in [7, 11) is 0. The highest BCUT2D eigenvalue weighted by atomic mass is 16.5. The molecule has 1 aromatic carbocycles. The van der Waals surface area contributed by atoms with E-state index in [1.807, 2.05) is 6.92 Å². The molecule has 0 aliphatic carbocycles. The molecular weight excluding hydrogens is 190 g/mol. The van der Waals surface area contributed by atoms with Crippen molar-refractivity contribution in [2.45, 2.75) is 26.4 Å². The van der Waals surface area contributed by atoms with Crippen molar-refractivity contribution in [2.75, 3.05) is 6.54 Å². The van der Waals surface area contributed by atoms with E-state index in [4.69, 9.17) is 10.3 Å². The van der Waals surface area contributed by atoms with Gasteiger partial charge in [-0.2, -0.15) is 0 Å². The average molecular weight is 203 g/mol. The average Bonchev–Trinajstić information content (AvgIpc) is 2.57. The largest absolute Gasteiger partial charge is 0.489 e. The summed E-state index contributed by atoms with van der Waals surface area (Å²) >= 11 is 0. The quantitative estimate of drug-likeness (QED) is 0.414. The number of aryl methyl sites for hydroxylation is 2. The number of ether oxygens (including phenoxy) is 1. The first kappa shape index (κ1) is 9.87. The van der Waals surface area contributed by atoms with Crippen LogP contribution in [0.2, 0.25) is 0 Å². The Hall–Kier alpha value is -1.67. The highest BCUT2D eigenvalue weighted by Gasteiger charge is 2.23. The van der Waals surface area contributed by atoms with Gasteiger partial charge in [-0.25, -0.2) is 0 Å². The summed E-state index contributed by atoms with van der Waals surface area (Å²) in [6.07, 6.45) is 0.855. The van der Waals surface area contributed by atoms with Gasteiger partial charge in [0.15, 0.2) is 0 Å². The van der Waals surface area contributed by atoms with Crippen molar-refractivity contribution in [1.82, 2.24) is 0 Å².